The normalized spacial score (nSPS) is 23.1. The molecule has 1 aromatic carbocycles. The predicted molar refractivity (Wildman–Crippen MR) is 69.6 cm³/mol. The molecule has 0 heterocycles. The Hall–Kier alpha value is -1.18. The van der Waals surface area contributed by atoms with Crippen LogP contribution in [0.25, 0.3) is 0 Å². The lowest BCUT2D eigenvalue weighted by atomic mass is 9.90. The average molecular weight is 288 g/mol. The fourth-order valence-corrected chi connectivity index (χ4v) is 3.42. The van der Waals surface area contributed by atoms with Gasteiger partial charge in [0.2, 0.25) is 10.0 Å². The minimum atomic E-state index is -3.87. The van der Waals surface area contributed by atoms with Gasteiger partial charge in [-0.05, 0) is 38.0 Å². The Labute approximate surface area is 112 Å². The number of halogens is 1. The maximum atomic E-state index is 13.5. The Bertz CT molecular complexity index is 556. The van der Waals surface area contributed by atoms with E-state index >= 15 is 0 Å². The Balaban J connectivity index is 2.05. The maximum Gasteiger partial charge on any atom is 0.243 e. The van der Waals surface area contributed by atoms with Crippen molar-refractivity contribution < 1.29 is 17.5 Å². The third kappa shape index (κ3) is 3.23. The van der Waals surface area contributed by atoms with Gasteiger partial charge in [-0.1, -0.05) is 0 Å². The first-order valence-electron chi connectivity index (χ1n) is 6.11. The molecule has 0 radical (unpaired) electrons. The second-order valence-electron chi connectivity index (χ2n) is 4.56. The molecule has 0 amide bonds. The fraction of sp³-hybridized carbons (Fsp3) is 0.500. The highest BCUT2D eigenvalue weighted by atomic mass is 32.2. The number of nitrogens with one attached hydrogen (secondary N) is 1. The van der Waals surface area contributed by atoms with E-state index in [9.17, 15) is 12.8 Å². The molecular weight excluding hydrogens is 271 g/mol. The number of ether oxygens (including phenoxy) is 1. The number of nitrogens with two attached hydrogens (primary N) is 1. The number of hydrogen-bond acceptors (Lipinski definition) is 4. The van der Waals surface area contributed by atoms with E-state index in [-0.39, 0.29) is 17.8 Å². The van der Waals surface area contributed by atoms with Crippen LogP contribution in [0.4, 0.5) is 10.1 Å². The van der Waals surface area contributed by atoms with E-state index in [2.05, 4.69) is 4.72 Å². The van der Waals surface area contributed by atoms with E-state index in [1.165, 1.54) is 6.07 Å². The van der Waals surface area contributed by atoms with Crippen LogP contribution in [0, 0.1) is 5.82 Å². The molecule has 5 nitrogen and oxygen atoms in total. The summed E-state index contributed by atoms with van der Waals surface area (Å²) in [7, 11) is -3.87. The summed E-state index contributed by atoms with van der Waals surface area (Å²) in [5.41, 5.74) is 5.69. The minimum absolute atomic E-state index is 0.0865. The van der Waals surface area contributed by atoms with Crippen LogP contribution < -0.4 is 10.5 Å². The molecular formula is C12H17FN2O3S. The molecule has 0 bridgehead atoms. The lowest BCUT2D eigenvalue weighted by Gasteiger charge is -2.35. The standard InChI is InChI=1S/C12H17FN2O3S/c1-2-18-10-6-9(7-10)15-19(16,17)12-5-8(14)3-4-11(12)13/h3-5,9-10,15H,2,6-7,14H2,1H3. The molecule has 3 N–H and O–H groups in total. The highest BCUT2D eigenvalue weighted by Crippen LogP contribution is 2.26. The van der Waals surface area contributed by atoms with Crippen molar-refractivity contribution in [2.75, 3.05) is 12.3 Å². The van der Waals surface area contributed by atoms with Gasteiger partial charge in [-0.3, -0.25) is 0 Å². The van der Waals surface area contributed by atoms with Crippen LogP contribution in [0.3, 0.4) is 0 Å². The van der Waals surface area contributed by atoms with E-state index in [1.54, 1.807) is 0 Å². The fourth-order valence-electron chi connectivity index (χ4n) is 2.04. The van der Waals surface area contributed by atoms with Crippen molar-refractivity contribution >= 4 is 15.7 Å². The summed E-state index contributed by atoms with van der Waals surface area (Å²) in [5, 5.41) is 0. The number of hydrogen-bond donors (Lipinski definition) is 2. The number of anilines is 1. The molecule has 7 heteroatoms. The first-order valence-corrected chi connectivity index (χ1v) is 7.59. The number of nitrogen functional groups attached to an aromatic ring is 1. The van der Waals surface area contributed by atoms with Gasteiger partial charge in [-0.25, -0.2) is 17.5 Å². The van der Waals surface area contributed by atoms with E-state index in [0.717, 1.165) is 12.1 Å². The smallest absolute Gasteiger partial charge is 0.243 e. The Morgan fingerprint density at radius 2 is 2.16 bits per heavy atom. The van der Waals surface area contributed by atoms with Gasteiger partial charge >= 0.3 is 0 Å². The van der Waals surface area contributed by atoms with Gasteiger partial charge in [0.1, 0.15) is 10.7 Å². The molecule has 1 saturated carbocycles. The molecule has 0 unspecified atom stereocenters. The predicted octanol–water partition coefficient (Wildman–Crippen LogP) is 1.25. The lowest BCUT2D eigenvalue weighted by Crippen LogP contribution is -2.47. The molecule has 0 spiro atoms. The zero-order valence-electron chi connectivity index (χ0n) is 10.6. The number of rotatable bonds is 5. The van der Waals surface area contributed by atoms with Crippen LogP contribution in [0.15, 0.2) is 23.1 Å². The third-order valence-electron chi connectivity index (χ3n) is 3.06. The van der Waals surface area contributed by atoms with E-state index in [1.807, 2.05) is 6.92 Å². The van der Waals surface area contributed by atoms with Gasteiger partial charge in [0.25, 0.3) is 0 Å². The largest absolute Gasteiger partial charge is 0.399 e. The molecule has 0 atom stereocenters. The number of sulfonamides is 1. The van der Waals surface area contributed by atoms with Crippen molar-refractivity contribution in [1.29, 1.82) is 0 Å². The molecule has 2 rings (SSSR count). The molecule has 0 aliphatic heterocycles. The molecule has 0 saturated heterocycles. The van der Waals surface area contributed by atoms with Crippen LogP contribution in [0.2, 0.25) is 0 Å². The maximum absolute atomic E-state index is 13.5. The summed E-state index contributed by atoms with van der Waals surface area (Å²) in [6, 6.07) is 3.29. The Morgan fingerprint density at radius 3 is 2.79 bits per heavy atom. The molecule has 1 fully saturated rings. The zero-order valence-corrected chi connectivity index (χ0v) is 11.4. The average Bonchev–Trinajstić information content (AvgIpc) is 2.29. The van der Waals surface area contributed by atoms with Gasteiger partial charge < -0.3 is 10.5 Å². The summed E-state index contributed by atoms with van der Waals surface area (Å²) in [5.74, 6) is -0.803. The van der Waals surface area contributed by atoms with Crippen molar-refractivity contribution in [3.8, 4) is 0 Å². The van der Waals surface area contributed by atoms with Crippen LogP contribution in [0.5, 0.6) is 0 Å². The first kappa shape index (κ1) is 14.2. The summed E-state index contributed by atoms with van der Waals surface area (Å²) >= 11 is 0. The van der Waals surface area contributed by atoms with Crippen LogP contribution >= 0.6 is 0 Å². The summed E-state index contributed by atoms with van der Waals surface area (Å²) in [4.78, 5) is -0.410. The van der Waals surface area contributed by atoms with E-state index < -0.39 is 20.7 Å². The van der Waals surface area contributed by atoms with Crippen LogP contribution in [0.1, 0.15) is 19.8 Å². The quantitative estimate of drug-likeness (QED) is 0.799. The molecule has 106 valence electrons. The molecule has 1 aromatic rings. The SMILES string of the molecule is CCOC1CC(NS(=O)(=O)c2cc(N)ccc2F)C1. The number of benzene rings is 1. The van der Waals surface area contributed by atoms with E-state index in [0.29, 0.717) is 19.4 Å². The first-order chi connectivity index (χ1) is 8.92. The highest BCUT2D eigenvalue weighted by molar-refractivity contribution is 7.89. The van der Waals surface area contributed by atoms with Gasteiger partial charge in [-0.2, -0.15) is 0 Å². The summed E-state index contributed by atoms with van der Waals surface area (Å²) in [6.45, 7) is 2.49. The van der Waals surface area contributed by atoms with Crippen LogP contribution in [-0.2, 0) is 14.8 Å². The molecule has 1 aliphatic rings. The van der Waals surface area contributed by atoms with Crippen molar-refractivity contribution in [2.24, 2.45) is 0 Å². The second kappa shape index (κ2) is 5.44. The summed E-state index contributed by atoms with van der Waals surface area (Å²) < 4.78 is 45.4. The van der Waals surface area contributed by atoms with Gasteiger partial charge in [0.15, 0.2) is 0 Å². The van der Waals surface area contributed by atoms with Gasteiger partial charge in [0.05, 0.1) is 6.10 Å². The topological polar surface area (TPSA) is 81.4 Å². The Kier molecular flexibility index (Phi) is 4.07. The van der Waals surface area contributed by atoms with Crippen molar-refractivity contribution in [3.63, 3.8) is 0 Å². The molecule has 0 aromatic heterocycles. The van der Waals surface area contributed by atoms with Crippen LogP contribution in [-0.4, -0.2) is 27.2 Å². The second-order valence-corrected chi connectivity index (χ2v) is 6.24. The monoisotopic (exact) mass is 288 g/mol. The van der Waals surface area contributed by atoms with Gasteiger partial charge in [-0.15, -0.1) is 0 Å². The summed E-state index contributed by atoms with van der Waals surface area (Å²) in [6.07, 6.45) is 1.30. The minimum Gasteiger partial charge on any atom is -0.399 e. The van der Waals surface area contributed by atoms with Crippen molar-refractivity contribution in [2.45, 2.75) is 36.8 Å². The third-order valence-corrected chi connectivity index (χ3v) is 4.60. The van der Waals surface area contributed by atoms with Crippen molar-refractivity contribution in [1.82, 2.24) is 4.72 Å². The Morgan fingerprint density at radius 1 is 1.47 bits per heavy atom. The lowest BCUT2D eigenvalue weighted by molar-refractivity contribution is -0.00476. The highest BCUT2D eigenvalue weighted by Gasteiger charge is 2.33. The van der Waals surface area contributed by atoms with Gasteiger partial charge in [0, 0.05) is 18.3 Å². The van der Waals surface area contributed by atoms with Crippen molar-refractivity contribution in [3.05, 3.63) is 24.0 Å². The molecule has 19 heavy (non-hydrogen) atoms. The van der Waals surface area contributed by atoms with E-state index in [4.69, 9.17) is 10.5 Å². The zero-order chi connectivity index (χ0) is 14.0. The molecule has 1 aliphatic carbocycles.